The number of hydrogen-bond donors (Lipinski definition) is 1. The van der Waals surface area contributed by atoms with E-state index in [0.29, 0.717) is 16.9 Å². The number of halogens is 2. The third-order valence-corrected chi connectivity index (χ3v) is 2.70. The number of hydrogen-bond acceptors (Lipinski definition) is 2. The summed E-state index contributed by atoms with van der Waals surface area (Å²) in [5.74, 6) is -1.25. The monoisotopic (exact) mass is 245 g/mol. The molecule has 1 heterocycles. The normalized spacial score (nSPS) is 11.0. The minimum atomic E-state index is -0.623. The van der Waals surface area contributed by atoms with Crippen molar-refractivity contribution in [1.29, 1.82) is 0 Å². The zero-order valence-electron chi connectivity index (χ0n) is 9.27. The third-order valence-electron chi connectivity index (χ3n) is 2.70. The van der Waals surface area contributed by atoms with Crippen molar-refractivity contribution >= 4 is 16.7 Å². The summed E-state index contributed by atoms with van der Waals surface area (Å²) < 4.78 is 28.0. The number of aromatic nitrogens is 2. The van der Waals surface area contributed by atoms with Gasteiger partial charge in [-0.25, -0.2) is 13.8 Å². The summed E-state index contributed by atoms with van der Waals surface area (Å²) >= 11 is 0. The Hall–Kier alpha value is -2.43. The molecule has 2 N–H and O–H groups in total. The number of anilines is 1. The van der Waals surface area contributed by atoms with E-state index in [1.54, 1.807) is 22.8 Å². The Labute approximate surface area is 101 Å². The van der Waals surface area contributed by atoms with E-state index in [9.17, 15) is 8.78 Å². The fourth-order valence-corrected chi connectivity index (χ4v) is 1.91. The van der Waals surface area contributed by atoms with Crippen LogP contribution in [0.15, 0.2) is 42.7 Å². The number of nitrogens with two attached hydrogens (primary N) is 1. The largest absolute Gasteiger partial charge is 0.399 e. The Balaban J connectivity index is 2.25. The van der Waals surface area contributed by atoms with Gasteiger partial charge in [-0.3, -0.25) is 4.57 Å². The van der Waals surface area contributed by atoms with Crippen LogP contribution in [0.2, 0.25) is 0 Å². The lowest BCUT2D eigenvalue weighted by atomic mass is 10.2. The second-order valence-electron chi connectivity index (χ2n) is 3.99. The average Bonchev–Trinajstić information content (AvgIpc) is 2.70. The Morgan fingerprint density at radius 1 is 1.00 bits per heavy atom. The quantitative estimate of drug-likeness (QED) is 0.670. The predicted octanol–water partition coefficient (Wildman–Crippen LogP) is 2.89. The maximum absolute atomic E-state index is 13.2. The van der Waals surface area contributed by atoms with Crippen molar-refractivity contribution in [2.75, 3.05) is 5.73 Å². The number of nitrogens with zero attached hydrogens (tertiary/aromatic N) is 2. The highest BCUT2D eigenvalue weighted by molar-refractivity contribution is 5.80. The number of benzene rings is 2. The van der Waals surface area contributed by atoms with Gasteiger partial charge in [0.25, 0.3) is 0 Å². The van der Waals surface area contributed by atoms with Gasteiger partial charge in [-0.1, -0.05) is 0 Å². The molecule has 0 aliphatic carbocycles. The fraction of sp³-hybridized carbons (Fsp3) is 0. The molecule has 0 saturated heterocycles. The van der Waals surface area contributed by atoms with Crippen molar-refractivity contribution in [3.63, 3.8) is 0 Å². The van der Waals surface area contributed by atoms with Crippen LogP contribution in [-0.2, 0) is 0 Å². The molecule has 0 radical (unpaired) electrons. The lowest BCUT2D eigenvalue weighted by molar-refractivity contribution is 0.582. The molecule has 0 unspecified atom stereocenters. The van der Waals surface area contributed by atoms with Crippen molar-refractivity contribution in [3.8, 4) is 5.69 Å². The summed E-state index contributed by atoms with van der Waals surface area (Å²) in [7, 11) is 0. The first-order valence-electron chi connectivity index (χ1n) is 5.32. The molecule has 0 bridgehead atoms. The van der Waals surface area contributed by atoms with Gasteiger partial charge in [0.05, 0.1) is 16.7 Å². The van der Waals surface area contributed by atoms with Crippen LogP contribution in [0.3, 0.4) is 0 Å². The zero-order chi connectivity index (χ0) is 12.7. The minimum absolute atomic E-state index is 0.389. The van der Waals surface area contributed by atoms with E-state index in [1.807, 2.05) is 0 Å². The lowest BCUT2D eigenvalue weighted by Crippen LogP contribution is -1.94. The first-order chi connectivity index (χ1) is 8.63. The number of fused-ring (bicyclic) bond motifs is 1. The SMILES string of the molecule is Nc1ccc2c(c1)ncn2-c1cc(F)cc(F)c1. The summed E-state index contributed by atoms with van der Waals surface area (Å²) in [6.07, 6.45) is 1.51. The van der Waals surface area contributed by atoms with Gasteiger partial charge in [0, 0.05) is 11.8 Å². The summed E-state index contributed by atoms with van der Waals surface area (Å²) in [5.41, 5.74) is 8.06. The van der Waals surface area contributed by atoms with Gasteiger partial charge >= 0.3 is 0 Å². The third kappa shape index (κ3) is 1.69. The van der Waals surface area contributed by atoms with Gasteiger partial charge < -0.3 is 5.73 Å². The van der Waals surface area contributed by atoms with Crippen LogP contribution in [0.25, 0.3) is 16.7 Å². The second-order valence-corrected chi connectivity index (χ2v) is 3.99. The highest BCUT2D eigenvalue weighted by Crippen LogP contribution is 2.21. The average molecular weight is 245 g/mol. The topological polar surface area (TPSA) is 43.8 Å². The van der Waals surface area contributed by atoms with Crippen LogP contribution in [-0.4, -0.2) is 9.55 Å². The van der Waals surface area contributed by atoms with E-state index in [0.717, 1.165) is 11.6 Å². The smallest absolute Gasteiger partial charge is 0.128 e. The van der Waals surface area contributed by atoms with Crippen LogP contribution in [0.1, 0.15) is 0 Å². The highest BCUT2D eigenvalue weighted by atomic mass is 19.1. The van der Waals surface area contributed by atoms with Crippen molar-refractivity contribution in [2.24, 2.45) is 0 Å². The Kier molecular flexibility index (Phi) is 2.26. The van der Waals surface area contributed by atoms with Crippen LogP contribution < -0.4 is 5.73 Å². The molecule has 0 saturated carbocycles. The van der Waals surface area contributed by atoms with Crippen molar-refractivity contribution in [3.05, 3.63) is 54.4 Å². The van der Waals surface area contributed by atoms with Crippen LogP contribution in [0.5, 0.6) is 0 Å². The molecule has 90 valence electrons. The summed E-state index contributed by atoms with van der Waals surface area (Å²) in [4.78, 5) is 4.15. The van der Waals surface area contributed by atoms with E-state index < -0.39 is 11.6 Å². The van der Waals surface area contributed by atoms with Crippen molar-refractivity contribution in [1.82, 2.24) is 9.55 Å². The van der Waals surface area contributed by atoms with Crippen LogP contribution in [0.4, 0.5) is 14.5 Å². The molecule has 0 aliphatic heterocycles. The first-order valence-corrected chi connectivity index (χ1v) is 5.32. The molecular formula is C13H9F2N3. The van der Waals surface area contributed by atoms with Crippen LogP contribution >= 0.6 is 0 Å². The van der Waals surface area contributed by atoms with E-state index in [1.165, 1.54) is 18.5 Å². The standard InChI is InChI=1S/C13H9F2N3/c14-8-3-9(15)5-11(4-8)18-7-17-12-6-10(16)1-2-13(12)18/h1-7H,16H2. The van der Waals surface area contributed by atoms with Gasteiger partial charge in [-0.05, 0) is 30.3 Å². The first kappa shape index (κ1) is 10.7. The fourth-order valence-electron chi connectivity index (χ4n) is 1.91. The zero-order valence-corrected chi connectivity index (χ0v) is 9.27. The second kappa shape index (κ2) is 3.80. The summed E-state index contributed by atoms with van der Waals surface area (Å²) in [6, 6.07) is 8.53. The molecule has 5 heteroatoms. The summed E-state index contributed by atoms with van der Waals surface area (Å²) in [5, 5.41) is 0. The Bertz CT molecular complexity index is 714. The van der Waals surface area contributed by atoms with E-state index in [-0.39, 0.29) is 0 Å². The van der Waals surface area contributed by atoms with E-state index in [2.05, 4.69) is 4.98 Å². The molecule has 0 aliphatic rings. The maximum atomic E-state index is 13.2. The number of rotatable bonds is 1. The Morgan fingerprint density at radius 2 is 1.72 bits per heavy atom. The molecule has 3 rings (SSSR count). The van der Waals surface area contributed by atoms with Gasteiger partial charge in [0.15, 0.2) is 0 Å². The van der Waals surface area contributed by atoms with Crippen LogP contribution in [0, 0.1) is 11.6 Å². The highest BCUT2D eigenvalue weighted by Gasteiger charge is 2.07. The van der Waals surface area contributed by atoms with Gasteiger partial charge in [-0.2, -0.15) is 0 Å². The van der Waals surface area contributed by atoms with Crippen molar-refractivity contribution in [2.45, 2.75) is 0 Å². The predicted molar refractivity (Wildman–Crippen MR) is 65.4 cm³/mol. The van der Waals surface area contributed by atoms with Crippen molar-refractivity contribution < 1.29 is 8.78 Å². The molecular weight excluding hydrogens is 236 g/mol. The van der Waals surface area contributed by atoms with Gasteiger partial charge in [-0.15, -0.1) is 0 Å². The molecule has 0 atom stereocenters. The summed E-state index contributed by atoms with van der Waals surface area (Å²) in [6.45, 7) is 0. The van der Waals surface area contributed by atoms with Gasteiger partial charge in [0.2, 0.25) is 0 Å². The number of imidazole rings is 1. The molecule has 0 spiro atoms. The molecule has 1 aromatic heterocycles. The van der Waals surface area contributed by atoms with Gasteiger partial charge in [0.1, 0.15) is 18.0 Å². The molecule has 2 aromatic carbocycles. The molecule has 3 nitrogen and oxygen atoms in total. The number of nitrogen functional groups attached to an aromatic ring is 1. The molecule has 0 fully saturated rings. The maximum Gasteiger partial charge on any atom is 0.128 e. The Morgan fingerprint density at radius 3 is 2.44 bits per heavy atom. The van der Waals surface area contributed by atoms with E-state index >= 15 is 0 Å². The molecule has 3 aromatic rings. The van der Waals surface area contributed by atoms with E-state index in [4.69, 9.17) is 5.73 Å². The molecule has 18 heavy (non-hydrogen) atoms. The lowest BCUT2D eigenvalue weighted by Gasteiger charge is -2.05. The minimum Gasteiger partial charge on any atom is -0.399 e. The molecule has 0 amide bonds.